The number of amides is 2. The molecule has 2 heterocycles. The Morgan fingerprint density at radius 1 is 0.921 bits per heavy atom. The average Bonchev–Trinajstić information content (AvgIpc) is 3.29. The number of hydrogen-bond acceptors (Lipinski definition) is 7. The van der Waals surface area contributed by atoms with Gasteiger partial charge in [-0.15, -0.1) is 0 Å². The van der Waals surface area contributed by atoms with E-state index < -0.39 is 5.91 Å². The van der Waals surface area contributed by atoms with Gasteiger partial charge in [-0.05, 0) is 48.5 Å². The Labute approximate surface area is 218 Å². The molecule has 0 saturated carbocycles. The molecule has 5 rings (SSSR count). The molecule has 4 N–H and O–H groups in total. The molecule has 10 heteroatoms. The van der Waals surface area contributed by atoms with E-state index in [1.807, 2.05) is 42.5 Å². The van der Waals surface area contributed by atoms with Crippen molar-refractivity contribution in [3.8, 4) is 17.2 Å². The summed E-state index contributed by atoms with van der Waals surface area (Å²) in [6, 6.07) is 21.4. The lowest BCUT2D eigenvalue weighted by Crippen LogP contribution is -2.12. The van der Waals surface area contributed by atoms with Crippen molar-refractivity contribution < 1.29 is 19.1 Å². The van der Waals surface area contributed by atoms with Gasteiger partial charge in [0, 0.05) is 42.3 Å². The predicted molar refractivity (Wildman–Crippen MR) is 144 cm³/mol. The highest BCUT2D eigenvalue weighted by molar-refractivity contribution is 6.07. The number of primary amides is 1. The van der Waals surface area contributed by atoms with E-state index in [1.165, 1.54) is 7.11 Å². The second-order valence-corrected chi connectivity index (χ2v) is 8.38. The van der Waals surface area contributed by atoms with Crippen molar-refractivity contribution in [3.63, 3.8) is 0 Å². The third kappa shape index (κ3) is 5.09. The van der Waals surface area contributed by atoms with Crippen LogP contribution in [0.3, 0.4) is 0 Å². The summed E-state index contributed by atoms with van der Waals surface area (Å²) in [6.45, 7) is 0. The number of nitrogens with zero attached hydrogens (tertiary/aromatic N) is 3. The van der Waals surface area contributed by atoms with Crippen LogP contribution in [0.1, 0.15) is 20.7 Å². The molecule has 0 atom stereocenters. The Morgan fingerprint density at radius 2 is 1.68 bits per heavy atom. The minimum absolute atomic E-state index is 0.236. The average molecular weight is 509 g/mol. The van der Waals surface area contributed by atoms with E-state index in [0.717, 1.165) is 0 Å². The molecule has 0 radical (unpaired) electrons. The largest absolute Gasteiger partial charge is 0.496 e. The lowest BCUT2D eigenvalue weighted by Gasteiger charge is -2.12. The summed E-state index contributed by atoms with van der Waals surface area (Å²) in [6.07, 6.45) is 3.27. The van der Waals surface area contributed by atoms with Gasteiger partial charge in [0.1, 0.15) is 22.8 Å². The Kier molecular flexibility index (Phi) is 6.60. The number of rotatable bonds is 8. The van der Waals surface area contributed by atoms with Crippen LogP contribution in [0.25, 0.3) is 10.9 Å². The summed E-state index contributed by atoms with van der Waals surface area (Å²) in [7, 11) is 3.22. The second kappa shape index (κ2) is 10.3. The molecule has 3 aromatic carbocycles. The molecule has 10 nitrogen and oxygen atoms in total. The maximum atomic E-state index is 12.8. The minimum Gasteiger partial charge on any atom is -0.496 e. The van der Waals surface area contributed by atoms with Gasteiger partial charge in [0.25, 0.3) is 11.8 Å². The highest BCUT2D eigenvalue weighted by Gasteiger charge is 2.17. The van der Waals surface area contributed by atoms with Crippen LogP contribution in [0.5, 0.6) is 17.2 Å². The van der Waals surface area contributed by atoms with Crippen LogP contribution in [0.2, 0.25) is 0 Å². The van der Waals surface area contributed by atoms with Crippen LogP contribution in [0, 0.1) is 0 Å². The topological polar surface area (TPSA) is 133 Å². The minimum atomic E-state index is -0.611. The molecule has 2 amide bonds. The third-order valence-electron chi connectivity index (χ3n) is 5.74. The molecule has 5 aromatic rings. The molecule has 0 aliphatic heterocycles. The van der Waals surface area contributed by atoms with Crippen molar-refractivity contribution in [3.05, 3.63) is 96.3 Å². The van der Waals surface area contributed by atoms with Crippen molar-refractivity contribution in [1.29, 1.82) is 0 Å². The van der Waals surface area contributed by atoms with Gasteiger partial charge in [-0.25, -0.2) is 0 Å². The first-order valence-electron chi connectivity index (χ1n) is 11.6. The van der Waals surface area contributed by atoms with Gasteiger partial charge in [0.15, 0.2) is 5.82 Å². The zero-order valence-electron chi connectivity index (χ0n) is 20.6. The molecule has 0 saturated heterocycles. The summed E-state index contributed by atoms with van der Waals surface area (Å²) < 4.78 is 12.9. The van der Waals surface area contributed by atoms with E-state index in [9.17, 15) is 9.59 Å². The van der Waals surface area contributed by atoms with Crippen LogP contribution >= 0.6 is 0 Å². The van der Waals surface area contributed by atoms with E-state index >= 15 is 0 Å². The van der Waals surface area contributed by atoms with Crippen molar-refractivity contribution in [1.82, 2.24) is 14.8 Å². The molecule has 0 aliphatic rings. The van der Waals surface area contributed by atoms with Gasteiger partial charge in [-0.1, -0.05) is 18.2 Å². The predicted octanol–water partition coefficient (Wildman–Crippen LogP) is 4.86. The van der Waals surface area contributed by atoms with E-state index in [-0.39, 0.29) is 11.5 Å². The lowest BCUT2D eigenvalue weighted by atomic mass is 10.1. The summed E-state index contributed by atoms with van der Waals surface area (Å²) in [4.78, 5) is 29.1. The lowest BCUT2D eigenvalue weighted by molar-refractivity contribution is 0.0995. The van der Waals surface area contributed by atoms with Crippen LogP contribution in [-0.4, -0.2) is 33.7 Å². The quantitative estimate of drug-likeness (QED) is 0.272. The fourth-order valence-corrected chi connectivity index (χ4v) is 3.94. The molecule has 0 unspecified atom stereocenters. The summed E-state index contributed by atoms with van der Waals surface area (Å²) >= 11 is 0. The number of aryl methyl sites for hydroxylation is 1. The zero-order valence-corrected chi connectivity index (χ0v) is 20.6. The van der Waals surface area contributed by atoms with Crippen molar-refractivity contribution >= 4 is 39.9 Å². The first kappa shape index (κ1) is 24.3. The Balaban J connectivity index is 1.35. The molecule has 2 aromatic heterocycles. The smallest absolute Gasteiger partial charge is 0.261 e. The number of methoxy groups -OCH3 is 1. The number of benzene rings is 3. The molecular formula is C28H24N6O4. The number of nitrogens with two attached hydrogens (primary N) is 1. The number of carbonyl (C=O) groups excluding carboxylic acids is 2. The van der Waals surface area contributed by atoms with Crippen molar-refractivity contribution in [2.45, 2.75) is 0 Å². The first-order valence-corrected chi connectivity index (χ1v) is 11.6. The van der Waals surface area contributed by atoms with Crippen molar-refractivity contribution in [2.75, 3.05) is 17.7 Å². The van der Waals surface area contributed by atoms with E-state index in [0.29, 0.717) is 50.9 Å². The zero-order chi connectivity index (χ0) is 26.6. The maximum Gasteiger partial charge on any atom is 0.261 e. The normalized spacial score (nSPS) is 10.7. The SMILES string of the molecule is COc1cc2nccc(Oc3ccc(Nc4nn(C)cc4C(=O)Nc4ccccc4)cc3)c2cc1C(N)=O. The van der Waals surface area contributed by atoms with E-state index in [2.05, 4.69) is 20.7 Å². The fraction of sp³-hybridized carbons (Fsp3) is 0.0714. The van der Waals surface area contributed by atoms with Gasteiger partial charge in [0.05, 0.1) is 18.2 Å². The highest BCUT2D eigenvalue weighted by Crippen LogP contribution is 2.33. The Bertz CT molecular complexity index is 1630. The van der Waals surface area contributed by atoms with Crippen LogP contribution in [0.15, 0.2) is 85.2 Å². The van der Waals surface area contributed by atoms with Crippen LogP contribution in [-0.2, 0) is 7.05 Å². The summed E-state index contributed by atoms with van der Waals surface area (Å²) in [5.74, 6) is 0.940. The standard InChI is InChI=1S/C28H24N6O4/c1-34-16-22(28(36)32-17-6-4-3-5-7-17)27(33-34)31-18-8-10-19(11-9-18)38-24-12-13-30-23-15-25(37-2)21(26(29)35)14-20(23)24/h3-16H,1-2H3,(H2,29,35)(H,31,33)(H,32,36). The number of nitrogens with one attached hydrogen (secondary N) is 2. The summed E-state index contributed by atoms with van der Waals surface area (Å²) in [5.41, 5.74) is 8.16. The number of fused-ring (bicyclic) bond motifs is 1. The van der Waals surface area contributed by atoms with Gasteiger partial charge < -0.3 is 25.8 Å². The van der Waals surface area contributed by atoms with Crippen LogP contribution in [0.4, 0.5) is 17.2 Å². The fourth-order valence-electron chi connectivity index (χ4n) is 3.94. The number of anilines is 3. The number of pyridine rings is 1. The maximum absolute atomic E-state index is 12.8. The van der Waals surface area contributed by atoms with Gasteiger partial charge in [-0.3, -0.25) is 19.3 Å². The molecule has 0 aliphatic carbocycles. The van der Waals surface area contributed by atoms with Crippen molar-refractivity contribution in [2.24, 2.45) is 12.8 Å². The number of hydrogen-bond donors (Lipinski definition) is 3. The number of carbonyl (C=O) groups is 2. The third-order valence-corrected chi connectivity index (χ3v) is 5.74. The summed E-state index contributed by atoms with van der Waals surface area (Å²) in [5, 5.41) is 11.1. The molecule has 38 heavy (non-hydrogen) atoms. The van der Waals surface area contributed by atoms with E-state index in [4.69, 9.17) is 15.2 Å². The Morgan fingerprint density at radius 3 is 2.39 bits per heavy atom. The van der Waals surface area contributed by atoms with Gasteiger partial charge in [-0.2, -0.15) is 5.10 Å². The molecule has 0 bridgehead atoms. The van der Waals surface area contributed by atoms with Gasteiger partial charge in [0.2, 0.25) is 0 Å². The number of aromatic nitrogens is 3. The Hall–Kier alpha value is -5.38. The molecule has 0 fully saturated rings. The highest BCUT2D eigenvalue weighted by atomic mass is 16.5. The second-order valence-electron chi connectivity index (χ2n) is 8.38. The van der Waals surface area contributed by atoms with E-state index in [1.54, 1.807) is 54.5 Å². The molecule has 190 valence electrons. The van der Waals surface area contributed by atoms with Crippen LogP contribution < -0.4 is 25.8 Å². The number of ether oxygens (including phenoxy) is 2. The first-order chi connectivity index (χ1) is 18.4. The number of para-hydroxylation sites is 1. The van der Waals surface area contributed by atoms with Gasteiger partial charge >= 0.3 is 0 Å². The molecule has 0 spiro atoms. The monoisotopic (exact) mass is 508 g/mol. The molecular weight excluding hydrogens is 484 g/mol.